The van der Waals surface area contributed by atoms with Gasteiger partial charge in [-0.15, -0.1) is 11.8 Å². The Balaban J connectivity index is 1.59. The molecule has 0 saturated carbocycles. The third-order valence-electron chi connectivity index (χ3n) is 4.72. The van der Waals surface area contributed by atoms with Gasteiger partial charge in [0.15, 0.2) is 6.10 Å². The van der Waals surface area contributed by atoms with E-state index in [4.69, 9.17) is 4.74 Å². The quantitative estimate of drug-likeness (QED) is 0.450. The monoisotopic (exact) mass is 405 g/mol. The second kappa shape index (κ2) is 10.2. The first-order valence-electron chi connectivity index (χ1n) is 9.89. The van der Waals surface area contributed by atoms with E-state index >= 15 is 0 Å². The van der Waals surface area contributed by atoms with E-state index in [1.165, 1.54) is 10.5 Å². The number of benzene rings is 3. The normalized spacial score (nSPS) is 11.7. The van der Waals surface area contributed by atoms with E-state index in [1.807, 2.05) is 55.5 Å². The van der Waals surface area contributed by atoms with Crippen molar-refractivity contribution in [2.75, 3.05) is 5.32 Å². The van der Waals surface area contributed by atoms with E-state index in [0.717, 1.165) is 34.7 Å². The number of rotatable bonds is 8. The molecule has 1 atom stereocenters. The number of carbonyl (C=O) groups is 1. The highest BCUT2D eigenvalue weighted by Crippen LogP contribution is 2.25. The molecule has 0 aliphatic rings. The Morgan fingerprint density at radius 3 is 2.48 bits per heavy atom. The van der Waals surface area contributed by atoms with Crippen LogP contribution in [0.15, 0.2) is 77.7 Å². The summed E-state index contributed by atoms with van der Waals surface area (Å²) in [5.41, 5.74) is 4.20. The molecule has 3 aromatic rings. The summed E-state index contributed by atoms with van der Waals surface area (Å²) in [5.74, 6) is 1.51. The first-order chi connectivity index (χ1) is 14.1. The van der Waals surface area contributed by atoms with E-state index < -0.39 is 6.10 Å². The van der Waals surface area contributed by atoms with Gasteiger partial charge in [0.2, 0.25) is 0 Å². The van der Waals surface area contributed by atoms with Crippen LogP contribution in [0.1, 0.15) is 30.5 Å². The van der Waals surface area contributed by atoms with Crippen molar-refractivity contribution in [1.82, 2.24) is 0 Å². The maximum absolute atomic E-state index is 12.6. The van der Waals surface area contributed by atoms with Crippen LogP contribution < -0.4 is 10.1 Å². The fraction of sp³-hybridized carbons (Fsp3) is 0.240. The number of anilines is 1. The summed E-state index contributed by atoms with van der Waals surface area (Å²) >= 11 is 1.80. The molecule has 0 aromatic heterocycles. The zero-order valence-electron chi connectivity index (χ0n) is 17.1. The van der Waals surface area contributed by atoms with Crippen LogP contribution in [0.3, 0.4) is 0 Å². The molecule has 0 unspecified atom stereocenters. The second-order valence-electron chi connectivity index (χ2n) is 6.96. The summed E-state index contributed by atoms with van der Waals surface area (Å²) in [5, 5.41) is 3.00. The minimum atomic E-state index is -0.574. The maximum Gasteiger partial charge on any atom is 0.265 e. The van der Waals surface area contributed by atoms with E-state index in [0.29, 0.717) is 0 Å². The van der Waals surface area contributed by atoms with Crippen molar-refractivity contribution in [3.8, 4) is 5.75 Å². The Labute approximate surface area is 177 Å². The molecule has 29 heavy (non-hydrogen) atoms. The second-order valence-corrected chi connectivity index (χ2v) is 8.01. The smallest absolute Gasteiger partial charge is 0.265 e. The SMILES string of the molecule is CCc1ccccc1O[C@H](C)C(=O)Nc1ccc(CSc2ccccc2)cc1C. The molecule has 0 radical (unpaired) electrons. The molecule has 3 aromatic carbocycles. The van der Waals surface area contributed by atoms with Gasteiger partial charge in [0.05, 0.1) is 0 Å². The van der Waals surface area contributed by atoms with Crippen LogP contribution in [0.25, 0.3) is 0 Å². The minimum Gasteiger partial charge on any atom is -0.481 e. The average Bonchev–Trinajstić information content (AvgIpc) is 2.75. The van der Waals surface area contributed by atoms with Crippen LogP contribution in [0.2, 0.25) is 0 Å². The number of hydrogen-bond donors (Lipinski definition) is 1. The van der Waals surface area contributed by atoms with Crippen LogP contribution in [0.4, 0.5) is 5.69 Å². The number of para-hydroxylation sites is 1. The zero-order chi connectivity index (χ0) is 20.6. The number of nitrogens with one attached hydrogen (secondary N) is 1. The molecule has 1 amide bonds. The number of thioether (sulfide) groups is 1. The maximum atomic E-state index is 12.6. The highest BCUT2D eigenvalue weighted by atomic mass is 32.2. The highest BCUT2D eigenvalue weighted by molar-refractivity contribution is 7.98. The van der Waals surface area contributed by atoms with E-state index in [2.05, 4.69) is 36.5 Å². The highest BCUT2D eigenvalue weighted by Gasteiger charge is 2.17. The molecule has 150 valence electrons. The molecular weight excluding hydrogens is 378 g/mol. The van der Waals surface area contributed by atoms with Crippen LogP contribution >= 0.6 is 11.8 Å². The van der Waals surface area contributed by atoms with Gasteiger partial charge in [0.1, 0.15) is 5.75 Å². The topological polar surface area (TPSA) is 38.3 Å². The van der Waals surface area contributed by atoms with Crippen molar-refractivity contribution in [2.45, 2.75) is 43.9 Å². The Hall–Kier alpha value is -2.72. The number of ether oxygens (including phenoxy) is 1. The number of carbonyl (C=O) groups excluding carboxylic acids is 1. The van der Waals surface area contributed by atoms with Gasteiger partial charge in [-0.2, -0.15) is 0 Å². The lowest BCUT2D eigenvalue weighted by Crippen LogP contribution is -2.30. The predicted molar refractivity (Wildman–Crippen MR) is 122 cm³/mol. The van der Waals surface area contributed by atoms with Crippen LogP contribution in [-0.2, 0) is 17.0 Å². The summed E-state index contributed by atoms with van der Waals surface area (Å²) in [6, 6.07) is 24.4. The molecule has 0 heterocycles. The number of aryl methyl sites for hydroxylation is 2. The van der Waals surface area contributed by atoms with Crippen molar-refractivity contribution >= 4 is 23.4 Å². The Morgan fingerprint density at radius 1 is 1.03 bits per heavy atom. The summed E-state index contributed by atoms with van der Waals surface area (Å²) in [6.07, 6.45) is 0.293. The van der Waals surface area contributed by atoms with Gasteiger partial charge < -0.3 is 10.1 Å². The van der Waals surface area contributed by atoms with Crippen LogP contribution in [-0.4, -0.2) is 12.0 Å². The molecule has 0 spiro atoms. The molecule has 0 fully saturated rings. The Kier molecular flexibility index (Phi) is 7.36. The van der Waals surface area contributed by atoms with Crippen molar-refractivity contribution in [2.24, 2.45) is 0 Å². The first kappa shape index (κ1) is 21.0. The lowest BCUT2D eigenvalue weighted by Gasteiger charge is -2.18. The third kappa shape index (κ3) is 5.88. The molecule has 0 aliphatic heterocycles. The van der Waals surface area contributed by atoms with Crippen LogP contribution in [0, 0.1) is 6.92 Å². The fourth-order valence-corrected chi connectivity index (χ4v) is 3.89. The molecular formula is C25H27NO2S. The summed E-state index contributed by atoms with van der Waals surface area (Å²) < 4.78 is 5.91. The molecule has 0 bridgehead atoms. The zero-order valence-corrected chi connectivity index (χ0v) is 18.0. The Morgan fingerprint density at radius 2 is 1.76 bits per heavy atom. The summed E-state index contributed by atoms with van der Waals surface area (Å²) in [4.78, 5) is 13.9. The van der Waals surface area contributed by atoms with Crippen molar-refractivity contribution in [1.29, 1.82) is 0 Å². The first-order valence-corrected chi connectivity index (χ1v) is 10.9. The van der Waals surface area contributed by atoms with Gasteiger partial charge in [-0.25, -0.2) is 0 Å². The average molecular weight is 406 g/mol. The van der Waals surface area contributed by atoms with Crippen LogP contribution in [0.5, 0.6) is 5.75 Å². The lowest BCUT2D eigenvalue weighted by atomic mass is 10.1. The summed E-state index contributed by atoms with van der Waals surface area (Å²) in [6.45, 7) is 5.88. The molecule has 3 nitrogen and oxygen atoms in total. The molecule has 0 saturated heterocycles. The van der Waals surface area contributed by atoms with Gasteiger partial charge in [0, 0.05) is 16.3 Å². The standard InChI is InChI=1S/C25H27NO2S/c1-4-21-10-8-9-13-24(21)28-19(3)25(27)26-23-15-14-20(16-18(23)2)17-29-22-11-6-5-7-12-22/h5-16,19H,4,17H2,1-3H3,(H,26,27)/t19-/m1/s1. The van der Waals surface area contributed by atoms with Gasteiger partial charge in [-0.3, -0.25) is 4.79 Å². The fourth-order valence-electron chi connectivity index (χ4n) is 3.03. The largest absolute Gasteiger partial charge is 0.481 e. The van der Waals surface area contributed by atoms with Gasteiger partial charge in [-0.05, 0) is 61.2 Å². The van der Waals surface area contributed by atoms with Gasteiger partial charge >= 0.3 is 0 Å². The van der Waals surface area contributed by atoms with Crippen molar-refractivity contribution < 1.29 is 9.53 Å². The number of hydrogen-bond acceptors (Lipinski definition) is 3. The molecule has 1 N–H and O–H groups in total. The van der Waals surface area contributed by atoms with Gasteiger partial charge in [0.25, 0.3) is 5.91 Å². The Bertz CT molecular complexity index is 956. The third-order valence-corrected chi connectivity index (χ3v) is 5.81. The molecule has 4 heteroatoms. The van der Waals surface area contributed by atoms with E-state index in [9.17, 15) is 4.79 Å². The molecule has 0 aliphatic carbocycles. The van der Waals surface area contributed by atoms with E-state index in [-0.39, 0.29) is 5.91 Å². The minimum absolute atomic E-state index is 0.148. The van der Waals surface area contributed by atoms with Crippen molar-refractivity contribution in [3.63, 3.8) is 0 Å². The lowest BCUT2D eigenvalue weighted by molar-refractivity contribution is -0.122. The van der Waals surface area contributed by atoms with Gasteiger partial charge in [-0.1, -0.05) is 55.5 Å². The molecule has 3 rings (SSSR count). The van der Waals surface area contributed by atoms with E-state index in [1.54, 1.807) is 18.7 Å². The summed E-state index contributed by atoms with van der Waals surface area (Å²) in [7, 11) is 0. The van der Waals surface area contributed by atoms with Crippen molar-refractivity contribution in [3.05, 3.63) is 89.5 Å². The predicted octanol–water partition coefficient (Wildman–Crippen LogP) is 6.26. The number of amides is 1.